The van der Waals surface area contributed by atoms with Gasteiger partial charge in [0.05, 0.1) is 0 Å². The molecule has 0 aliphatic rings. The van der Waals surface area contributed by atoms with Crippen LogP contribution in [-0.2, 0) is 10.8 Å². The molecule has 5 nitrogen and oxygen atoms in total. The number of hydrogen-bond donors (Lipinski definition) is 2. The molecule has 0 amide bonds. The first-order chi connectivity index (χ1) is 11.5. The predicted molar refractivity (Wildman–Crippen MR) is 99.2 cm³/mol. The summed E-state index contributed by atoms with van der Waals surface area (Å²) in [5.41, 5.74) is 4.37. The van der Waals surface area contributed by atoms with Gasteiger partial charge in [-0.2, -0.15) is 0 Å². The van der Waals surface area contributed by atoms with Gasteiger partial charge in [0.1, 0.15) is 16.8 Å². The van der Waals surface area contributed by atoms with Crippen LogP contribution in [0.2, 0.25) is 0 Å². The standard InChI is InChI=1S/C20H25N3O2/c1-19(2,3)12-10-14(18(24)15(11-12)20(4,5)6)13-8-7-9-16-17(13)22-23(25)21-16/h7-11,24-25H,1-6H3. The molecule has 132 valence electrons. The Morgan fingerprint density at radius 1 is 0.880 bits per heavy atom. The van der Waals surface area contributed by atoms with E-state index in [2.05, 4.69) is 57.8 Å². The van der Waals surface area contributed by atoms with Crippen molar-refractivity contribution in [3.8, 4) is 16.9 Å². The monoisotopic (exact) mass is 339 g/mol. The second-order valence-corrected chi connectivity index (χ2v) is 8.56. The summed E-state index contributed by atoms with van der Waals surface area (Å²) in [6, 6.07) is 9.63. The van der Waals surface area contributed by atoms with Crippen molar-refractivity contribution in [1.29, 1.82) is 0 Å². The highest BCUT2D eigenvalue weighted by atomic mass is 16.5. The second-order valence-electron chi connectivity index (χ2n) is 8.56. The van der Waals surface area contributed by atoms with Crippen molar-refractivity contribution in [3.05, 3.63) is 41.5 Å². The van der Waals surface area contributed by atoms with E-state index in [1.165, 1.54) is 0 Å². The molecular formula is C20H25N3O2. The van der Waals surface area contributed by atoms with Crippen LogP contribution in [0.1, 0.15) is 52.7 Å². The summed E-state index contributed by atoms with van der Waals surface area (Å²) < 4.78 is 0. The van der Waals surface area contributed by atoms with Crippen molar-refractivity contribution in [3.63, 3.8) is 0 Å². The molecule has 0 spiro atoms. The van der Waals surface area contributed by atoms with Gasteiger partial charge >= 0.3 is 0 Å². The number of rotatable bonds is 1. The van der Waals surface area contributed by atoms with E-state index in [9.17, 15) is 10.3 Å². The van der Waals surface area contributed by atoms with Gasteiger partial charge in [-0.15, -0.1) is 10.2 Å². The summed E-state index contributed by atoms with van der Waals surface area (Å²) >= 11 is 0. The van der Waals surface area contributed by atoms with Crippen molar-refractivity contribution in [2.45, 2.75) is 52.4 Å². The zero-order chi connectivity index (χ0) is 18.6. The van der Waals surface area contributed by atoms with Gasteiger partial charge in [-0.25, -0.2) is 0 Å². The third-order valence-corrected chi connectivity index (χ3v) is 4.48. The third kappa shape index (κ3) is 3.06. The van der Waals surface area contributed by atoms with Gasteiger partial charge in [-0.05, 0) is 33.5 Å². The minimum atomic E-state index is -0.206. The Balaban J connectivity index is 2.38. The maximum absolute atomic E-state index is 11.0. The Kier molecular flexibility index (Phi) is 3.78. The van der Waals surface area contributed by atoms with E-state index >= 15 is 0 Å². The van der Waals surface area contributed by atoms with Crippen molar-refractivity contribution in [1.82, 2.24) is 15.2 Å². The van der Waals surface area contributed by atoms with E-state index < -0.39 is 0 Å². The lowest BCUT2D eigenvalue weighted by Crippen LogP contribution is -2.17. The second kappa shape index (κ2) is 5.48. The van der Waals surface area contributed by atoms with Gasteiger partial charge in [-0.3, -0.25) is 0 Å². The third-order valence-electron chi connectivity index (χ3n) is 4.48. The Morgan fingerprint density at radius 2 is 1.56 bits per heavy atom. The minimum Gasteiger partial charge on any atom is -0.507 e. The fourth-order valence-electron chi connectivity index (χ4n) is 2.99. The number of benzene rings is 2. The molecule has 0 aliphatic carbocycles. The molecule has 0 saturated heterocycles. The van der Waals surface area contributed by atoms with Gasteiger partial charge in [0.2, 0.25) is 0 Å². The fraction of sp³-hybridized carbons (Fsp3) is 0.400. The largest absolute Gasteiger partial charge is 0.507 e. The van der Waals surface area contributed by atoms with Gasteiger partial charge < -0.3 is 10.3 Å². The molecule has 3 aromatic rings. The molecule has 0 radical (unpaired) electrons. The molecule has 2 N–H and O–H groups in total. The number of nitrogens with zero attached hydrogens (tertiary/aromatic N) is 3. The summed E-state index contributed by atoms with van der Waals surface area (Å²) in [5, 5.41) is 28.6. The average molecular weight is 339 g/mol. The van der Waals surface area contributed by atoms with Crippen LogP contribution in [0.15, 0.2) is 30.3 Å². The van der Waals surface area contributed by atoms with Crippen LogP contribution in [0.4, 0.5) is 0 Å². The minimum absolute atomic E-state index is 0.0645. The first kappa shape index (κ1) is 17.3. The topological polar surface area (TPSA) is 71.2 Å². The first-order valence-corrected chi connectivity index (χ1v) is 8.42. The van der Waals surface area contributed by atoms with E-state index in [-0.39, 0.29) is 16.6 Å². The van der Waals surface area contributed by atoms with Crippen LogP contribution in [0.3, 0.4) is 0 Å². The molecule has 0 unspecified atom stereocenters. The van der Waals surface area contributed by atoms with Crippen LogP contribution >= 0.6 is 0 Å². The van der Waals surface area contributed by atoms with Gasteiger partial charge in [0.15, 0.2) is 0 Å². The fourth-order valence-corrected chi connectivity index (χ4v) is 2.99. The van der Waals surface area contributed by atoms with Crippen molar-refractivity contribution < 1.29 is 10.3 Å². The summed E-state index contributed by atoms with van der Waals surface area (Å²) in [5.74, 6) is 0.250. The zero-order valence-electron chi connectivity index (χ0n) is 15.6. The number of hydrogen-bond acceptors (Lipinski definition) is 4. The molecule has 3 rings (SSSR count). The maximum Gasteiger partial charge on any atom is 0.127 e. The highest BCUT2D eigenvalue weighted by Crippen LogP contribution is 2.43. The van der Waals surface area contributed by atoms with E-state index in [0.717, 1.165) is 16.7 Å². The number of aromatic nitrogens is 3. The number of phenolic OH excluding ortho intramolecular Hbond substituents is 1. The van der Waals surface area contributed by atoms with E-state index in [1.807, 2.05) is 18.2 Å². The quantitative estimate of drug-likeness (QED) is 0.634. The summed E-state index contributed by atoms with van der Waals surface area (Å²) in [6.45, 7) is 12.7. The van der Waals surface area contributed by atoms with E-state index in [4.69, 9.17) is 0 Å². The molecule has 0 bridgehead atoms. The molecule has 25 heavy (non-hydrogen) atoms. The Hall–Kier alpha value is -2.56. The van der Waals surface area contributed by atoms with Crippen molar-refractivity contribution in [2.24, 2.45) is 0 Å². The Labute approximate surface area is 147 Å². The summed E-state index contributed by atoms with van der Waals surface area (Å²) in [7, 11) is 0. The molecular weight excluding hydrogens is 314 g/mol. The molecule has 0 fully saturated rings. The normalized spacial score (nSPS) is 12.7. The lowest BCUT2D eigenvalue weighted by Gasteiger charge is -2.27. The van der Waals surface area contributed by atoms with Gasteiger partial charge in [0, 0.05) is 16.7 Å². The molecule has 5 heteroatoms. The average Bonchev–Trinajstić information content (AvgIpc) is 2.85. The molecule has 1 heterocycles. The van der Waals surface area contributed by atoms with Gasteiger partial charge in [-0.1, -0.05) is 59.7 Å². The van der Waals surface area contributed by atoms with Crippen LogP contribution in [0.25, 0.3) is 22.2 Å². The van der Waals surface area contributed by atoms with Crippen LogP contribution in [-0.4, -0.2) is 25.5 Å². The summed E-state index contributed by atoms with van der Waals surface area (Å²) in [6.07, 6.45) is 0. The number of fused-ring (bicyclic) bond motifs is 1. The lowest BCUT2D eigenvalue weighted by atomic mass is 9.78. The Bertz CT molecular complexity index is 944. The van der Waals surface area contributed by atoms with Crippen LogP contribution in [0, 0.1) is 0 Å². The highest BCUT2D eigenvalue weighted by Gasteiger charge is 2.26. The zero-order valence-corrected chi connectivity index (χ0v) is 15.6. The molecule has 2 aromatic carbocycles. The van der Waals surface area contributed by atoms with Gasteiger partial charge in [0.25, 0.3) is 0 Å². The molecule has 0 aliphatic heterocycles. The van der Waals surface area contributed by atoms with E-state index in [0.29, 0.717) is 21.6 Å². The number of phenols is 1. The van der Waals surface area contributed by atoms with Crippen molar-refractivity contribution in [2.75, 3.05) is 0 Å². The maximum atomic E-state index is 11.0. The highest BCUT2D eigenvalue weighted by molar-refractivity contribution is 5.93. The lowest BCUT2D eigenvalue weighted by molar-refractivity contribution is 0.113. The predicted octanol–water partition coefficient (Wildman–Crippen LogP) is 4.64. The molecule has 0 atom stereocenters. The smallest absolute Gasteiger partial charge is 0.127 e. The summed E-state index contributed by atoms with van der Waals surface area (Å²) in [4.78, 5) is 0.573. The molecule has 1 aromatic heterocycles. The van der Waals surface area contributed by atoms with Crippen molar-refractivity contribution >= 4 is 11.0 Å². The van der Waals surface area contributed by atoms with Crippen LogP contribution in [0.5, 0.6) is 5.75 Å². The van der Waals surface area contributed by atoms with E-state index in [1.54, 1.807) is 6.07 Å². The number of aromatic hydroxyl groups is 1. The first-order valence-electron chi connectivity index (χ1n) is 8.42. The van der Waals surface area contributed by atoms with Crippen LogP contribution < -0.4 is 0 Å². The SMILES string of the molecule is CC(C)(C)c1cc(-c2cccc3nn(O)nc23)c(O)c(C(C)(C)C)c1. The molecule has 0 saturated carbocycles. The Morgan fingerprint density at radius 3 is 2.16 bits per heavy atom.